The minimum Gasteiger partial charge on any atom is -0.269 e. The zero-order valence-corrected chi connectivity index (χ0v) is 7.68. The second-order valence-corrected chi connectivity index (χ2v) is 3.95. The molecule has 2 heterocycles. The third-order valence-electron chi connectivity index (χ3n) is 1.69. The molecule has 0 aliphatic rings. The first-order chi connectivity index (χ1) is 5.68. The Kier molecular flexibility index (Phi) is 1.51. The molecule has 0 unspecified atom stereocenters. The molecule has 0 spiro atoms. The van der Waals surface area contributed by atoms with E-state index in [9.17, 15) is 4.79 Å². The van der Waals surface area contributed by atoms with Crippen LogP contribution in [0.1, 0.15) is 10.4 Å². The minimum atomic E-state index is 0.0318. The van der Waals surface area contributed by atoms with Crippen molar-refractivity contribution in [2.75, 3.05) is 0 Å². The van der Waals surface area contributed by atoms with E-state index in [0.29, 0.717) is 5.56 Å². The van der Waals surface area contributed by atoms with E-state index in [1.165, 1.54) is 11.3 Å². The standard InChI is InChI=1S/C8H8N2OS/c1-5-3-9-8-10(7(5)11)4-6(2)12-8/h3-4H,1-2H3. The van der Waals surface area contributed by atoms with Crippen molar-refractivity contribution in [2.24, 2.45) is 0 Å². The molecule has 0 saturated heterocycles. The molecule has 4 heteroatoms. The molecule has 0 amide bonds. The zero-order chi connectivity index (χ0) is 8.72. The molecule has 3 nitrogen and oxygen atoms in total. The average molecular weight is 180 g/mol. The van der Waals surface area contributed by atoms with Crippen LogP contribution >= 0.6 is 11.3 Å². The zero-order valence-electron chi connectivity index (χ0n) is 6.87. The summed E-state index contributed by atoms with van der Waals surface area (Å²) >= 11 is 1.53. The third-order valence-corrected chi connectivity index (χ3v) is 2.61. The lowest BCUT2D eigenvalue weighted by Gasteiger charge is -1.91. The lowest BCUT2D eigenvalue weighted by molar-refractivity contribution is 1.04. The summed E-state index contributed by atoms with van der Waals surface area (Å²) in [4.78, 5) is 17.5. The highest BCUT2D eigenvalue weighted by Crippen LogP contribution is 2.11. The van der Waals surface area contributed by atoms with Crippen LogP contribution in [0.15, 0.2) is 17.2 Å². The smallest absolute Gasteiger partial charge is 0.261 e. The van der Waals surface area contributed by atoms with Gasteiger partial charge in [-0.15, -0.1) is 11.3 Å². The molecule has 2 rings (SSSR count). The second-order valence-electron chi connectivity index (χ2n) is 2.74. The highest BCUT2D eigenvalue weighted by Gasteiger charge is 2.02. The van der Waals surface area contributed by atoms with E-state index < -0.39 is 0 Å². The third kappa shape index (κ3) is 0.956. The summed E-state index contributed by atoms with van der Waals surface area (Å²) < 4.78 is 1.59. The Bertz CT molecular complexity index is 483. The molecule has 2 aromatic heterocycles. The number of fused-ring (bicyclic) bond motifs is 1. The Hall–Kier alpha value is -1.16. The van der Waals surface area contributed by atoms with E-state index in [4.69, 9.17) is 0 Å². The molecule has 0 aliphatic carbocycles. The number of hydrogen-bond donors (Lipinski definition) is 0. The molecular weight excluding hydrogens is 172 g/mol. The fourth-order valence-corrected chi connectivity index (χ4v) is 1.87. The maximum atomic E-state index is 11.5. The van der Waals surface area contributed by atoms with Gasteiger partial charge in [-0.3, -0.25) is 9.20 Å². The molecule has 62 valence electrons. The first kappa shape index (κ1) is 7.49. The molecule has 0 N–H and O–H groups in total. The van der Waals surface area contributed by atoms with Crippen LogP contribution in [0.5, 0.6) is 0 Å². The maximum Gasteiger partial charge on any atom is 0.261 e. The van der Waals surface area contributed by atoms with E-state index in [2.05, 4.69) is 4.98 Å². The predicted octanol–water partition coefficient (Wildman–Crippen LogP) is 1.37. The van der Waals surface area contributed by atoms with Gasteiger partial charge in [0.05, 0.1) is 0 Å². The van der Waals surface area contributed by atoms with Gasteiger partial charge in [0.15, 0.2) is 4.96 Å². The van der Waals surface area contributed by atoms with Crippen LogP contribution in [0.25, 0.3) is 4.96 Å². The van der Waals surface area contributed by atoms with Crippen LogP contribution < -0.4 is 5.56 Å². The minimum absolute atomic E-state index is 0.0318. The van der Waals surface area contributed by atoms with Crippen molar-refractivity contribution in [3.8, 4) is 0 Å². The van der Waals surface area contributed by atoms with Crippen molar-refractivity contribution in [3.63, 3.8) is 0 Å². The van der Waals surface area contributed by atoms with Crippen molar-refractivity contribution in [1.82, 2.24) is 9.38 Å². The second kappa shape index (κ2) is 2.42. The Balaban J connectivity index is 2.99. The van der Waals surface area contributed by atoms with Crippen molar-refractivity contribution in [2.45, 2.75) is 13.8 Å². The number of aromatic nitrogens is 2. The number of hydrogen-bond acceptors (Lipinski definition) is 3. The average Bonchev–Trinajstić information content (AvgIpc) is 2.39. The Labute approximate surface area is 73.3 Å². The molecule has 2 aromatic rings. The van der Waals surface area contributed by atoms with E-state index in [-0.39, 0.29) is 5.56 Å². The lowest BCUT2D eigenvalue weighted by atomic mass is 10.4. The molecule has 12 heavy (non-hydrogen) atoms. The van der Waals surface area contributed by atoms with Crippen molar-refractivity contribution >= 4 is 16.3 Å². The number of nitrogens with zero attached hydrogens (tertiary/aromatic N) is 2. The first-order valence-corrected chi connectivity index (χ1v) is 4.44. The van der Waals surface area contributed by atoms with Crippen molar-refractivity contribution in [1.29, 1.82) is 0 Å². The molecule has 0 aliphatic heterocycles. The summed E-state index contributed by atoms with van der Waals surface area (Å²) in [6.07, 6.45) is 3.44. The maximum absolute atomic E-state index is 11.5. The van der Waals surface area contributed by atoms with Crippen LogP contribution in [0, 0.1) is 13.8 Å². The van der Waals surface area contributed by atoms with Gasteiger partial charge in [0.25, 0.3) is 5.56 Å². The lowest BCUT2D eigenvalue weighted by Crippen LogP contribution is -2.14. The van der Waals surface area contributed by atoms with E-state index >= 15 is 0 Å². The normalized spacial score (nSPS) is 10.8. The van der Waals surface area contributed by atoms with Gasteiger partial charge in [-0.05, 0) is 13.8 Å². The van der Waals surface area contributed by atoms with E-state index in [1.54, 1.807) is 17.5 Å². The Morgan fingerprint density at radius 2 is 2.25 bits per heavy atom. The van der Waals surface area contributed by atoms with Crippen LogP contribution in [0.3, 0.4) is 0 Å². The Morgan fingerprint density at radius 1 is 1.50 bits per heavy atom. The van der Waals surface area contributed by atoms with Crippen LogP contribution in [0.4, 0.5) is 0 Å². The number of aryl methyl sites for hydroxylation is 2. The summed E-state index contributed by atoms with van der Waals surface area (Å²) in [6.45, 7) is 3.74. The van der Waals surface area contributed by atoms with Gasteiger partial charge in [0, 0.05) is 22.8 Å². The molecule has 0 fully saturated rings. The van der Waals surface area contributed by atoms with Gasteiger partial charge in [0.2, 0.25) is 0 Å². The topological polar surface area (TPSA) is 34.4 Å². The Morgan fingerprint density at radius 3 is 3.00 bits per heavy atom. The summed E-state index contributed by atoms with van der Waals surface area (Å²) in [5.74, 6) is 0. The molecule has 0 atom stereocenters. The van der Waals surface area contributed by atoms with Gasteiger partial charge in [-0.25, -0.2) is 4.98 Å². The highest BCUT2D eigenvalue weighted by atomic mass is 32.1. The van der Waals surface area contributed by atoms with Gasteiger partial charge >= 0.3 is 0 Å². The molecule has 0 saturated carbocycles. The van der Waals surface area contributed by atoms with Crippen LogP contribution in [-0.4, -0.2) is 9.38 Å². The van der Waals surface area contributed by atoms with E-state index in [1.807, 2.05) is 13.1 Å². The monoisotopic (exact) mass is 180 g/mol. The summed E-state index contributed by atoms with van der Waals surface area (Å²) in [6, 6.07) is 0. The van der Waals surface area contributed by atoms with Gasteiger partial charge in [-0.2, -0.15) is 0 Å². The largest absolute Gasteiger partial charge is 0.269 e. The molecule has 0 bridgehead atoms. The van der Waals surface area contributed by atoms with Gasteiger partial charge in [0.1, 0.15) is 0 Å². The van der Waals surface area contributed by atoms with Crippen molar-refractivity contribution in [3.05, 3.63) is 33.2 Å². The quantitative estimate of drug-likeness (QED) is 0.613. The molecule has 0 radical (unpaired) electrons. The number of rotatable bonds is 0. The van der Waals surface area contributed by atoms with Gasteiger partial charge < -0.3 is 0 Å². The summed E-state index contributed by atoms with van der Waals surface area (Å²) in [5.41, 5.74) is 0.717. The summed E-state index contributed by atoms with van der Waals surface area (Å²) in [5, 5.41) is 0. The SMILES string of the molecule is Cc1cn2c(=O)c(C)cnc2s1. The predicted molar refractivity (Wildman–Crippen MR) is 48.8 cm³/mol. The van der Waals surface area contributed by atoms with E-state index in [0.717, 1.165) is 9.84 Å². The van der Waals surface area contributed by atoms with Gasteiger partial charge in [-0.1, -0.05) is 0 Å². The molecule has 0 aromatic carbocycles. The highest BCUT2D eigenvalue weighted by molar-refractivity contribution is 7.16. The van der Waals surface area contributed by atoms with Crippen LogP contribution in [0.2, 0.25) is 0 Å². The molecular formula is C8H8N2OS. The van der Waals surface area contributed by atoms with Crippen LogP contribution in [-0.2, 0) is 0 Å². The fourth-order valence-electron chi connectivity index (χ4n) is 1.09. The fraction of sp³-hybridized carbons (Fsp3) is 0.250. The number of thiazole rings is 1. The summed E-state index contributed by atoms with van der Waals surface area (Å²) in [7, 11) is 0. The van der Waals surface area contributed by atoms with Crippen molar-refractivity contribution < 1.29 is 0 Å². The first-order valence-electron chi connectivity index (χ1n) is 3.63.